The quantitative estimate of drug-likeness (QED) is 0.493. The zero-order valence-electron chi connectivity index (χ0n) is 19.1. The molecule has 10 nitrogen and oxygen atoms in total. The van der Waals surface area contributed by atoms with Crippen LogP contribution in [0.4, 0.5) is 32.2 Å². The molecule has 2 saturated heterocycles. The second-order valence-electron chi connectivity index (χ2n) is 9.30. The van der Waals surface area contributed by atoms with E-state index in [1.54, 1.807) is 28.3 Å². The molecule has 12 heteroatoms. The summed E-state index contributed by atoms with van der Waals surface area (Å²) in [5.41, 5.74) is -0.759. The number of halogens is 2. The number of hydrogen-bond acceptors (Lipinski definition) is 9. The number of nitrogens with zero attached hydrogens (tertiary/aromatic N) is 7. The van der Waals surface area contributed by atoms with Gasteiger partial charge in [-0.25, -0.2) is 18.7 Å². The summed E-state index contributed by atoms with van der Waals surface area (Å²) >= 11 is 0. The van der Waals surface area contributed by atoms with Crippen molar-refractivity contribution in [2.75, 3.05) is 47.9 Å². The lowest BCUT2D eigenvalue weighted by atomic mass is 9.97. The second-order valence-corrected chi connectivity index (χ2v) is 9.30. The summed E-state index contributed by atoms with van der Waals surface area (Å²) in [6.07, 6.45) is 1.31. The van der Waals surface area contributed by atoms with Crippen LogP contribution in [0.2, 0.25) is 0 Å². The van der Waals surface area contributed by atoms with Crippen molar-refractivity contribution >= 4 is 34.3 Å². The van der Waals surface area contributed by atoms with Crippen LogP contribution in [0.25, 0.3) is 10.9 Å². The van der Waals surface area contributed by atoms with E-state index in [0.29, 0.717) is 36.4 Å². The third-order valence-electron chi connectivity index (χ3n) is 6.28. The number of hydrogen-bond donors (Lipinski definition) is 3. The molecule has 182 valence electrons. The van der Waals surface area contributed by atoms with Crippen LogP contribution >= 0.6 is 0 Å². The Labute approximate surface area is 195 Å². The normalized spacial score (nSPS) is 22.3. The first kappa shape index (κ1) is 22.7. The molecule has 2 aliphatic rings. The fraction of sp³-hybridized carbons (Fsp3) is 0.545. The van der Waals surface area contributed by atoms with Gasteiger partial charge >= 0.3 is 0 Å². The van der Waals surface area contributed by atoms with Crippen LogP contribution in [-0.4, -0.2) is 85.7 Å². The first-order valence-corrected chi connectivity index (χ1v) is 11.4. The number of fused-ring (bicyclic) bond motifs is 1. The summed E-state index contributed by atoms with van der Waals surface area (Å²) in [6, 6.07) is 3.62. The molecule has 34 heavy (non-hydrogen) atoms. The molecular weight excluding hydrogens is 446 g/mol. The third-order valence-corrected chi connectivity index (χ3v) is 6.28. The largest absolute Gasteiger partial charge is 0.393 e. The van der Waals surface area contributed by atoms with Crippen LogP contribution < -0.4 is 15.1 Å². The Bertz CT molecular complexity index is 1180. The molecule has 0 amide bonds. The topological polar surface area (TPSA) is 115 Å². The van der Waals surface area contributed by atoms with E-state index in [1.165, 1.54) is 0 Å². The summed E-state index contributed by atoms with van der Waals surface area (Å²) in [6.45, 7) is 4.20. The van der Waals surface area contributed by atoms with Gasteiger partial charge in [0.15, 0.2) is 11.5 Å². The molecule has 2 fully saturated rings. The minimum atomic E-state index is -1.60. The minimum absolute atomic E-state index is 0.0398. The molecule has 0 aliphatic carbocycles. The van der Waals surface area contributed by atoms with Gasteiger partial charge in [0, 0.05) is 31.0 Å². The Morgan fingerprint density at radius 1 is 1.24 bits per heavy atom. The van der Waals surface area contributed by atoms with Gasteiger partial charge < -0.3 is 25.3 Å². The van der Waals surface area contributed by atoms with Gasteiger partial charge in [-0.15, -0.1) is 0 Å². The van der Waals surface area contributed by atoms with Crippen molar-refractivity contribution < 1.29 is 19.0 Å². The molecular formula is C22H28F2N8O2. The number of aromatic nitrogens is 5. The molecule has 0 saturated carbocycles. The van der Waals surface area contributed by atoms with Crippen molar-refractivity contribution in [1.82, 2.24) is 24.7 Å². The molecule has 2 atom stereocenters. The molecule has 0 radical (unpaired) electrons. The SMILES string of the molecule is CC(C)n1nc(N2CC(F)(CO)C2)c2cnc(Nc3ccnc(N4CC[C@@H](O)[C@@H](F)C4)n3)cc21. The van der Waals surface area contributed by atoms with Crippen LogP contribution in [0.15, 0.2) is 24.5 Å². The Morgan fingerprint density at radius 3 is 2.74 bits per heavy atom. The molecule has 2 aliphatic heterocycles. The van der Waals surface area contributed by atoms with E-state index in [2.05, 4.69) is 25.4 Å². The molecule has 0 unspecified atom stereocenters. The number of piperidine rings is 1. The first-order valence-electron chi connectivity index (χ1n) is 11.4. The van der Waals surface area contributed by atoms with Gasteiger partial charge in [-0.2, -0.15) is 10.1 Å². The molecule has 0 bridgehead atoms. The van der Waals surface area contributed by atoms with Gasteiger partial charge in [0.05, 0.1) is 43.2 Å². The number of rotatable bonds is 6. The lowest BCUT2D eigenvalue weighted by molar-refractivity contribution is 0.0440. The van der Waals surface area contributed by atoms with E-state index < -0.39 is 24.6 Å². The minimum Gasteiger partial charge on any atom is -0.393 e. The van der Waals surface area contributed by atoms with Crippen molar-refractivity contribution in [2.24, 2.45) is 0 Å². The zero-order chi connectivity index (χ0) is 24.0. The number of aliphatic hydroxyl groups is 2. The number of aliphatic hydroxyl groups excluding tert-OH is 2. The first-order chi connectivity index (χ1) is 16.3. The van der Waals surface area contributed by atoms with Crippen LogP contribution in [0.3, 0.4) is 0 Å². The summed E-state index contributed by atoms with van der Waals surface area (Å²) in [5, 5.41) is 27.5. The Balaban J connectivity index is 1.39. The number of alkyl halides is 2. The van der Waals surface area contributed by atoms with Crippen molar-refractivity contribution in [3.05, 3.63) is 24.5 Å². The van der Waals surface area contributed by atoms with Gasteiger partial charge in [-0.1, -0.05) is 0 Å². The van der Waals surface area contributed by atoms with Crippen molar-refractivity contribution in [3.8, 4) is 0 Å². The fourth-order valence-electron chi connectivity index (χ4n) is 4.38. The highest BCUT2D eigenvalue weighted by molar-refractivity contribution is 5.92. The Kier molecular flexibility index (Phi) is 5.72. The average molecular weight is 475 g/mol. The van der Waals surface area contributed by atoms with E-state index in [-0.39, 0.29) is 25.7 Å². The molecule has 3 N–H and O–H groups in total. The van der Waals surface area contributed by atoms with Gasteiger partial charge in [0.1, 0.15) is 17.8 Å². The van der Waals surface area contributed by atoms with Gasteiger partial charge in [-0.3, -0.25) is 4.68 Å². The van der Waals surface area contributed by atoms with Crippen LogP contribution in [-0.2, 0) is 0 Å². The molecule has 0 spiro atoms. The lowest BCUT2D eigenvalue weighted by Gasteiger charge is -2.43. The highest BCUT2D eigenvalue weighted by Crippen LogP contribution is 2.36. The summed E-state index contributed by atoms with van der Waals surface area (Å²) in [5.74, 6) is 2.07. The van der Waals surface area contributed by atoms with E-state index in [1.807, 2.05) is 24.6 Å². The number of nitrogens with one attached hydrogen (secondary N) is 1. The van der Waals surface area contributed by atoms with E-state index in [0.717, 1.165) is 10.9 Å². The Morgan fingerprint density at radius 2 is 2.03 bits per heavy atom. The number of pyridine rings is 1. The van der Waals surface area contributed by atoms with Crippen LogP contribution in [0.1, 0.15) is 26.3 Å². The van der Waals surface area contributed by atoms with E-state index in [9.17, 15) is 19.0 Å². The Hall–Kier alpha value is -3.12. The van der Waals surface area contributed by atoms with Crippen LogP contribution in [0, 0.1) is 0 Å². The van der Waals surface area contributed by atoms with Gasteiger partial charge in [-0.05, 0) is 26.3 Å². The average Bonchev–Trinajstić information content (AvgIpc) is 3.18. The van der Waals surface area contributed by atoms with Gasteiger partial charge in [0.25, 0.3) is 0 Å². The standard InChI is InChI=1S/C22H28F2N8O2/c1-13(2)32-16-7-19(26-8-14(16)20(29-32)31-10-22(24,11-31)12-33)27-18-3-5-25-21(28-18)30-6-4-17(34)15(23)9-30/h3,5,7-8,13,15,17,33-34H,4,6,9-12H2,1-2H3,(H,25,26,27,28)/t15-,17+/m0/s1. The molecule has 3 aromatic heterocycles. The van der Waals surface area contributed by atoms with Crippen molar-refractivity contribution in [3.63, 3.8) is 0 Å². The molecule has 5 rings (SSSR count). The smallest absolute Gasteiger partial charge is 0.227 e. The third kappa shape index (κ3) is 4.11. The van der Waals surface area contributed by atoms with E-state index in [4.69, 9.17) is 0 Å². The molecule has 0 aromatic carbocycles. The highest BCUT2D eigenvalue weighted by atomic mass is 19.1. The number of anilines is 4. The molecule has 5 heterocycles. The zero-order valence-corrected chi connectivity index (χ0v) is 19.1. The maximum Gasteiger partial charge on any atom is 0.227 e. The monoisotopic (exact) mass is 474 g/mol. The summed E-state index contributed by atoms with van der Waals surface area (Å²) in [7, 11) is 0. The summed E-state index contributed by atoms with van der Waals surface area (Å²) < 4.78 is 30.1. The van der Waals surface area contributed by atoms with Gasteiger partial charge in [0.2, 0.25) is 5.95 Å². The predicted molar refractivity (Wildman–Crippen MR) is 124 cm³/mol. The highest BCUT2D eigenvalue weighted by Gasteiger charge is 2.44. The predicted octanol–water partition coefficient (Wildman–Crippen LogP) is 1.98. The van der Waals surface area contributed by atoms with Crippen LogP contribution in [0.5, 0.6) is 0 Å². The lowest BCUT2D eigenvalue weighted by Crippen LogP contribution is -2.61. The fourth-order valence-corrected chi connectivity index (χ4v) is 4.38. The summed E-state index contributed by atoms with van der Waals surface area (Å²) in [4.78, 5) is 16.7. The second kappa shape index (κ2) is 8.58. The maximum atomic E-state index is 14.3. The van der Waals surface area contributed by atoms with Crippen molar-refractivity contribution in [1.29, 1.82) is 0 Å². The maximum absolute atomic E-state index is 14.3. The van der Waals surface area contributed by atoms with Crippen molar-refractivity contribution in [2.45, 2.75) is 44.3 Å². The van der Waals surface area contributed by atoms with E-state index >= 15 is 0 Å². The molecule has 3 aromatic rings.